The quantitative estimate of drug-likeness (QED) is 0.161. The highest BCUT2D eigenvalue weighted by Crippen LogP contribution is 2.28. The molecule has 4 aromatic rings. The molecule has 0 N–H and O–H groups in total. The van der Waals surface area contributed by atoms with E-state index in [9.17, 15) is 26.3 Å². The number of hydrogen-bond acceptors (Lipinski definition) is 0. The third-order valence-corrected chi connectivity index (χ3v) is 5.50. The molecule has 0 saturated carbocycles. The van der Waals surface area contributed by atoms with Gasteiger partial charge in [-0.2, -0.15) is 0 Å². The van der Waals surface area contributed by atoms with Crippen molar-refractivity contribution in [1.29, 1.82) is 0 Å². The monoisotopic (exact) mass is 468 g/mol. The van der Waals surface area contributed by atoms with Gasteiger partial charge in [-0.15, -0.1) is 0 Å². The van der Waals surface area contributed by atoms with Crippen LogP contribution < -0.4 is 0 Å². The van der Waals surface area contributed by atoms with E-state index in [0.29, 0.717) is 11.6 Å². The molecule has 6 heteroatoms. The molecule has 0 aliphatic heterocycles. The molecule has 0 aliphatic carbocycles. The van der Waals surface area contributed by atoms with Crippen molar-refractivity contribution >= 4 is 10.8 Å². The van der Waals surface area contributed by atoms with E-state index in [1.807, 2.05) is 6.07 Å². The van der Waals surface area contributed by atoms with E-state index in [0.717, 1.165) is 37.0 Å². The molecule has 0 fully saturated rings. The van der Waals surface area contributed by atoms with Crippen molar-refractivity contribution in [2.75, 3.05) is 0 Å². The highest BCUT2D eigenvalue weighted by atomic mass is 19.2. The SMILES string of the molecule is CCCCc1ccc(-c2ccc(C#Cc3cc(F)c4c(F)c(F)c(F)cc4c3)c(F)c2)c(F)c1. The van der Waals surface area contributed by atoms with Gasteiger partial charge in [-0.05, 0) is 65.8 Å². The summed E-state index contributed by atoms with van der Waals surface area (Å²) < 4.78 is 84.3. The largest absolute Gasteiger partial charge is 0.206 e. The fourth-order valence-corrected chi connectivity index (χ4v) is 3.71. The summed E-state index contributed by atoms with van der Waals surface area (Å²) in [6, 6.07) is 11.6. The Morgan fingerprint density at radius 1 is 0.676 bits per heavy atom. The van der Waals surface area contributed by atoms with Gasteiger partial charge in [-0.1, -0.05) is 43.4 Å². The summed E-state index contributed by atoms with van der Waals surface area (Å²) in [5, 5.41) is -0.905. The summed E-state index contributed by atoms with van der Waals surface area (Å²) in [6.07, 6.45) is 2.71. The predicted octanol–water partition coefficient (Wildman–Crippen LogP) is 8.08. The van der Waals surface area contributed by atoms with Crippen LogP contribution in [0.25, 0.3) is 21.9 Å². The molecule has 0 heterocycles. The highest BCUT2D eigenvalue weighted by Gasteiger charge is 2.17. The van der Waals surface area contributed by atoms with Crippen molar-refractivity contribution in [3.8, 4) is 23.0 Å². The van der Waals surface area contributed by atoms with E-state index in [4.69, 9.17) is 0 Å². The van der Waals surface area contributed by atoms with Gasteiger partial charge >= 0.3 is 0 Å². The Bertz CT molecular complexity index is 1460. The smallest absolute Gasteiger partial charge is 0.195 e. The number of unbranched alkanes of at least 4 members (excludes halogenated alkanes) is 1. The fourth-order valence-electron chi connectivity index (χ4n) is 3.71. The van der Waals surface area contributed by atoms with Crippen LogP contribution in [-0.4, -0.2) is 0 Å². The molecular weight excluding hydrogens is 450 g/mol. The zero-order valence-corrected chi connectivity index (χ0v) is 18.1. The molecule has 4 rings (SSSR count). The average Bonchev–Trinajstić information content (AvgIpc) is 2.80. The van der Waals surface area contributed by atoms with Crippen LogP contribution in [0.15, 0.2) is 54.6 Å². The summed E-state index contributed by atoms with van der Waals surface area (Å²) >= 11 is 0. The van der Waals surface area contributed by atoms with Crippen molar-refractivity contribution in [3.05, 3.63) is 106 Å². The summed E-state index contributed by atoms with van der Waals surface area (Å²) in [6.45, 7) is 2.05. The maximum Gasteiger partial charge on any atom is 0.195 e. The van der Waals surface area contributed by atoms with Crippen LogP contribution in [-0.2, 0) is 6.42 Å². The van der Waals surface area contributed by atoms with Crippen LogP contribution in [0.4, 0.5) is 26.3 Å². The van der Waals surface area contributed by atoms with Crippen LogP contribution in [0.3, 0.4) is 0 Å². The standard InChI is InChI=1S/C28H18F6/c1-2-3-4-16-6-10-21(23(30)12-16)19-9-8-18(22(29)14-19)7-5-17-11-20-15-25(32)27(33)28(34)26(20)24(31)13-17/h6,8-15H,2-4H2,1H3. The number of fused-ring (bicyclic) bond motifs is 1. The maximum atomic E-state index is 14.7. The molecule has 0 saturated heterocycles. The van der Waals surface area contributed by atoms with Gasteiger partial charge in [0.1, 0.15) is 17.5 Å². The minimum Gasteiger partial charge on any atom is -0.206 e. The Balaban J connectivity index is 1.64. The highest BCUT2D eigenvalue weighted by molar-refractivity contribution is 5.85. The Labute approximate surface area is 192 Å². The minimum absolute atomic E-state index is 0.0209. The molecule has 0 radical (unpaired) electrons. The topological polar surface area (TPSA) is 0 Å². The molecule has 0 spiro atoms. The van der Waals surface area contributed by atoms with Crippen molar-refractivity contribution in [2.45, 2.75) is 26.2 Å². The van der Waals surface area contributed by atoms with Gasteiger partial charge in [0.05, 0.1) is 10.9 Å². The van der Waals surface area contributed by atoms with Crippen molar-refractivity contribution < 1.29 is 26.3 Å². The van der Waals surface area contributed by atoms with Gasteiger partial charge in [-0.3, -0.25) is 0 Å². The number of halogens is 6. The molecule has 0 aliphatic rings. The lowest BCUT2D eigenvalue weighted by molar-refractivity contribution is 0.451. The predicted molar refractivity (Wildman–Crippen MR) is 120 cm³/mol. The number of benzene rings is 4. The van der Waals surface area contributed by atoms with Gasteiger partial charge in [0.25, 0.3) is 0 Å². The summed E-state index contributed by atoms with van der Waals surface area (Å²) in [5.41, 5.74) is 1.46. The lowest BCUT2D eigenvalue weighted by Gasteiger charge is -2.07. The van der Waals surface area contributed by atoms with E-state index in [-0.39, 0.29) is 22.1 Å². The Kier molecular flexibility index (Phi) is 6.65. The lowest BCUT2D eigenvalue weighted by atomic mass is 9.99. The van der Waals surface area contributed by atoms with Crippen molar-refractivity contribution in [2.24, 2.45) is 0 Å². The maximum absolute atomic E-state index is 14.7. The average molecular weight is 468 g/mol. The van der Waals surface area contributed by atoms with Gasteiger partial charge in [0.15, 0.2) is 17.5 Å². The number of aryl methyl sites for hydroxylation is 1. The normalized spacial score (nSPS) is 10.9. The van der Waals surface area contributed by atoms with E-state index >= 15 is 0 Å². The van der Waals surface area contributed by atoms with Gasteiger partial charge in [0, 0.05) is 11.1 Å². The van der Waals surface area contributed by atoms with Crippen molar-refractivity contribution in [3.63, 3.8) is 0 Å². The lowest BCUT2D eigenvalue weighted by Crippen LogP contribution is -1.95. The zero-order valence-electron chi connectivity index (χ0n) is 18.1. The van der Waals surface area contributed by atoms with E-state index < -0.39 is 40.3 Å². The molecule has 0 aromatic heterocycles. The Morgan fingerprint density at radius 3 is 2.18 bits per heavy atom. The second kappa shape index (κ2) is 9.64. The van der Waals surface area contributed by atoms with Crippen LogP contribution in [0, 0.1) is 46.7 Å². The summed E-state index contributed by atoms with van der Waals surface area (Å²) in [4.78, 5) is 0. The van der Waals surface area contributed by atoms with E-state index in [1.165, 1.54) is 24.3 Å². The molecule has 0 amide bonds. The van der Waals surface area contributed by atoms with E-state index in [1.54, 1.807) is 6.07 Å². The minimum atomic E-state index is -1.76. The Hall–Kier alpha value is -3.72. The molecule has 0 nitrogen and oxygen atoms in total. The first-order valence-electron chi connectivity index (χ1n) is 10.7. The van der Waals surface area contributed by atoms with Gasteiger partial charge < -0.3 is 0 Å². The van der Waals surface area contributed by atoms with Crippen molar-refractivity contribution in [1.82, 2.24) is 0 Å². The second-order valence-electron chi connectivity index (χ2n) is 7.90. The third kappa shape index (κ3) is 4.65. The van der Waals surface area contributed by atoms with E-state index in [2.05, 4.69) is 18.8 Å². The number of rotatable bonds is 4. The first-order valence-corrected chi connectivity index (χ1v) is 10.7. The first kappa shape index (κ1) is 23.4. The molecule has 0 unspecified atom stereocenters. The summed E-state index contributed by atoms with van der Waals surface area (Å²) in [7, 11) is 0. The van der Waals surface area contributed by atoms with Gasteiger partial charge in [-0.25, -0.2) is 26.3 Å². The molecular formula is C28H18F6. The Morgan fingerprint density at radius 2 is 1.47 bits per heavy atom. The van der Waals surface area contributed by atoms with Gasteiger partial charge in [0.2, 0.25) is 0 Å². The van der Waals surface area contributed by atoms with Crippen LogP contribution >= 0.6 is 0 Å². The molecule has 0 atom stereocenters. The zero-order chi connectivity index (χ0) is 24.4. The third-order valence-electron chi connectivity index (χ3n) is 5.50. The molecule has 172 valence electrons. The number of hydrogen-bond donors (Lipinski definition) is 0. The first-order chi connectivity index (χ1) is 16.3. The fraction of sp³-hybridized carbons (Fsp3) is 0.143. The summed E-state index contributed by atoms with van der Waals surface area (Å²) in [5.74, 6) is -2.04. The van der Waals surface area contributed by atoms with Crippen LogP contribution in [0.2, 0.25) is 0 Å². The van der Waals surface area contributed by atoms with Crippen LogP contribution in [0.1, 0.15) is 36.5 Å². The molecule has 34 heavy (non-hydrogen) atoms. The molecule has 0 bridgehead atoms. The van der Waals surface area contributed by atoms with Crippen LogP contribution in [0.5, 0.6) is 0 Å². The molecule has 4 aromatic carbocycles. The second-order valence-corrected chi connectivity index (χ2v) is 7.90.